The Bertz CT molecular complexity index is 1710. The van der Waals surface area contributed by atoms with Crippen LogP contribution in [0.2, 0.25) is 10.0 Å². The van der Waals surface area contributed by atoms with Gasteiger partial charge in [0.2, 0.25) is 11.8 Å². The Balaban J connectivity index is 1.83. The Labute approximate surface area is 275 Å². The minimum Gasteiger partial charge on any atom is -0.350 e. The number of nitrogens with zero attached hydrogens (tertiary/aromatic N) is 2. The third-order valence-corrected chi connectivity index (χ3v) is 9.21. The van der Waals surface area contributed by atoms with Crippen molar-refractivity contribution in [3.63, 3.8) is 0 Å². The third-order valence-electron chi connectivity index (χ3n) is 6.99. The van der Waals surface area contributed by atoms with Gasteiger partial charge in [-0.25, -0.2) is 8.42 Å². The topological polar surface area (TPSA) is 86.8 Å². The zero-order chi connectivity index (χ0) is 32.8. The standard InChI is InChI=1S/C35H37Cl2N3O4S/c1-25-15-17-31(18-16-25)45(43,44)40(30-21-28(36)20-29(37)22-30)24-33(41)39(23-27-13-9-6-10-14-27)32(34(42)38-35(2,3)4)19-26-11-7-5-8-12-26/h5-18,20-22,32H,19,23-24H2,1-4H3,(H,38,42)/t32-/m1/s1. The van der Waals surface area contributed by atoms with Crippen molar-refractivity contribution in [3.8, 4) is 0 Å². The highest BCUT2D eigenvalue weighted by molar-refractivity contribution is 7.92. The molecule has 0 aromatic heterocycles. The van der Waals surface area contributed by atoms with Crippen LogP contribution in [-0.2, 0) is 32.6 Å². The van der Waals surface area contributed by atoms with Crippen LogP contribution in [0.1, 0.15) is 37.5 Å². The third kappa shape index (κ3) is 9.33. The van der Waals surface area contributed by atoms with Crippen molar-refractivity contribution in [1.82, 2.24) is 10.2 Å². The van der Waals surface area contributed by atoms with Gasteiger partial charge in [0.15, 0.2) is 0 Å². The van der Waals surface area contributed by atoms with Gasteiger partial charge in [-0.3, -0.25) is 13.9 Å². The van der Waals surface area contributed by atoms with Gasteiger partial charge in [-0.2, -0.15) is 0 Å². The summed E-state index contributed by atoms with van der Waals surface area (Å²) in [6.45, 7) is 6.93. The summed E-state index contributed by atoms with van der Waals surface area (Å²) in [6.07, 6.45) is 0.217. The Hall–Kier alpha value is -3.85. The van der Waals surface area contributed by atoms with Gasteiger partial charge in [0.25, 0.3) is 10.0 Å². The summed E-state index contributed by atoms with van der Waals surface area (Å²) in [4.78, 5) is 29.9. The quantitative estimate of drug-likeness (QED) is 0.186. The lowest BCUT2D eigenvalue weighted by molar-refractivity contribution is -0.140. The van der Waals surface area contributed by atoms with E-state index in [0.29, 0.717) is 0 Å². The molecular formula is C35H37Cl2N3O4S. The highest BCUT2D eigenvalue weighted by Gasteiger charge is 2.35. The molecule has 4 aromatic rings. The van der Waals surface area contributed by atoms with Gasteiger partial charge in [-0.05, 0) is 69.2 Å². The Morgan fingerprint density at radius 3 is 1.87 bits per heavy atom. The van der Waals surface area contributed by atoms with Crippen molar-refractivity contribution in [3.05, 3.63) is 130 Å². The number of sulfonamides is 1. The lowest BCUT2D eigenvalue weighted by atomic mass is 10.0. The Morgan fingerprint density at radius 2 is 1.33 bits per heavy atom. The van der Waals surface area contributed by atoms with Gasteiger partial charge in [-0.15, -0.1) is 0 Å². The van der Waals surface area contributed by atoms with Crippen molar-refractivity contribution in [1.29, 1.82) is 0 Å². The molecule has 0 radical (unpaired) electrons. The minimum absolute atomic E-state index is 0.00193. The maximum atomic E-state index is 14.5. The zero-order valence-electron chi connectivity index (χ0n) is 25.7. The molecule has 0 spiro atoms. The zero-order valence-corrected chi connectivity index (χ0v) is 28.0. The molecule has 0 saturated heterocycles. The second-order valence-electron chi connectivity index (χ2n) is 11.9. The van der Waals surface area contributed by atoms with E-state index < -0.39 is 34.1 Å². The molecule has 236 valence electrons. The number of anilines is 1. The van der Waals surface area contributed by atoms with E-state index in [1.807, 2.05) is 88.4 Å². The second-order valence-corrected chi connectivity index (χ2v) is 14.6. The van der Waals surface area contributed by atoms with E-state index >= 15 is 0 Å². The molecule has 4 rings (SSSR count). The molecule has 0 fully saturated rings. The van der Waals surface area contributed by atoms with Crippen LogP contribution in [0.25, 0.3) is 0 Å². The number of aryl methyl sites for hydroxylation is 1. The average Bonchev–Trinajstić information content (AvgIpc) is 2.97. The van der Waals surface area contributed by atoms with E-state index in [-0.39, 0.29) is 39.5 Å². The first-order valence-corrected chi connectivity index (χ1v) is 16.7. The summed E-state index contributed by atoms with van der Waals surface area (Å²) < 4.78 is 29.3. The molecule has 10 heteroatoms. The van der Waals surface area contributed by atoms with Crippen LogP contribution in [-0.4, -0.2) is 43.3 Å². The van der Waals surface area contributed by atoms with Crippen LogP contribution >= 0.6 is 23.2 Å². The largest absolute Gasteiger partial charge is 0.350 e. The normalized spacial score (nSPS) is 12.3. The van der Waals surface area contributed by atoms with E-state index in [1.54, 1.807) is 12.1 Å². The van der Waals surface area contributed by atoms with Crippen LogP contribution in [0.5, 0.6) is 0 Å². The first-order valence-electron chi connectivity index (χ1n) is 14.5. The molecule has 0 bridgehead atoms. The second kappa shape index (κ2) is 14.5. The van der Waals surface area contributed by atoms with E-state index in [2.05, 4.69) is 5.32 Å². The molecule has 4 aromatic carbocycles. The van der Waals surface area contributed by atoms with E-state index in [1.165, 1.54) is 35.2 Å². The Morgan fingerprint density at radius 1 is 0.800 bits per heavy atom. The van der Waals surface area contributed by atoms with Crippen LogP contribution in [0.15, 0.2) is 108 Å². The fourth-order valence-electron chi connectivity index (χ4n) is 4.84. The molecule has 2 amide bonds. The van der Waals surface area contributed by atoms with Crippen LogP contribution in [0, 0.1) is 6.92 Å². The highest BCUT2D eigenvalue weighted by atomic mass is 35.5. The molecule has 0 unspecified atom stereocenters. The minimum atomic E-state index is -4.27. The number of nitrogens with one attached hydrogen (secondary N) is 1. The molecule has 45 heavy (non-hydrogen) atoms. The lowest BCUT2D eigenvalue weighted by Crippen LogP contribution is -2.56. The number of hydrogen-bond acceptors (Lipinski definition) is 4. The molecule has 0 heterocycles. The van der Waals surface area contributed by atoms with Gasteiger partial charge < -0.3 is 10.2 Å². The first kappa shape index (κ1) is 34.0. The maximum absolute atomic E-state index is 14.5. The number of benzene rings is 4. The molecule has 1 atom stereocenters. The molecule has 0 aliphatic carbocycles. The van der Waals surface area contributed by atoms with E-state index in [4.69, 9.17) is 23.2 Å². The molecule has 0 saturated carbocycles. The van der Waals surface area contributed by atoms with Crippen molar-refractivity contribution in [2.24, 2.45) is 0 Å². The van der Waals surface area contributed by atoms with Crippen LogP contribution in [0.3, 0.4) is 0 Å². The lowest BCUT2D eigenvalue weighted by Gasteiger charge is -2.35. The number of hydrogen-bond donors (Lipinski definition) is 1. The average molecular weight is 667 g/mol. The van der Waals surface area contributed by atoms with Gasteiger partial charge in [-0.1, -0.05) is 102 Å². The summed E-state index contributed by atoms with van der Waals surface area (Å²) in [5.74, 6) is -0.926. The van der Waals surface area contributed by atoms with Crippen molar-refractivity contribution >= 4 is 50.7 Å². The van der Waals surface area contributed by atoms with Crippen molar-refractivity contribution in [2.75, 3.05) is 10.8 Å². The first-order chi connectivity index (χ1) is 21.2. The summed E-state index contributed by atoms with van der Waals surface area (Å²) in [7, 11) is -4.27. The SMILES string of the molecule is Cc1ccc(S(=O)(=O)N(CC(=O)N(Cc2ccccc2)[C@H](Cc2ccccc2)C(=O)NC(C)(C)C)c2cc(Cl)cc(Cl)c2)cc1. The number of halogens is 2. The van der Waals surface area contributed by atoms with E-state index in [0.717, 1.165) is 21.0 Å². The van der Waals surface area contributed by atoms with Crippen molar-refractivity contribution in [2.45, 2.75) is 57.1 Å². The highest BCUT2D eigenvalue weighted by Crippen LogP contribution is 2.30. The van der Waals surface area contributed by atoms with Crippen molar-refractivity contribution < 1.29 is 18.0 Å². The molecule has 1 N–H and O–H groups in total. The number of rotatable bonds is 11. The molecule has 7 nitrogen and oxygen atoms in total. The number of carbonyl (C=O) groups is 2. The monoisotopic (exact) mass is 665 g/mol. The van der Waals surface area contributed by atoms with Gasteiger partial charge >= 0.3 is 0 Å². The predicted octanol–water partition coefficient (Wildman–Crippen LogP) is 7.05. The summed E-state index contributed by atoms with van der Waals surface area (Å²) in [6, 6.07) is 28.5. The summed E-state index contributed by atoms with van der Waals surface area (Å²) in [5.41, 5.74) is 2.06. The van der Waals surface area contributed by atoms with Crippen LogP contribution in [0.4, 0.5) is 5.69 Å². The fraction of sp³-hybridized carbons (Fsp3) is 0.257. The predicted molar refractivity (Wildman–Crippen MR) is 181 cm³/mol. The molecule has 0 aliphatic heterocycles. The van der Waals surface area contributed by atoms with Gasteiger partial charge in [0.05, 0.1) is 10.6 Å². The van der Waals surface area contributed by atoms with Crippen LogP contribution < -0.4 is 9.62 Å². The molecular weight excluding hydrogens is 629 g/mol. The van der Waals surface area contributed by atoms with Gasteiger partial charge in [0.1, 0.15) is 12.6 Å². The van der Waals surface area contributed by atoms with Gasteiger partial charge in [0, 0.05) is 28.5 Å². The molecule has 0 aliphatic rings. The number of amides is 2. The maximum Gasteiger partial charge on any atom is 0.264 e. The summed E-state index contributed by atoms with van der Waals surface area (Å²) in [5, 5.41) is 3.44. The number of carbonyl (C=O) groups excluding carboxylic acids is 2. The summed E-state index contributed by atoms with van der Waals surface area (Å²) >= 11 is 12.6. The van der Waals surface area contributed by atoms with E-state index in [9.17, 15) is 18.0 Å². The smallest absolute Gasteiger partial charge is 0.264 e. The Kier molecular flexibility index (Phi) is 11.0. The fourth-order valence-corrected chi connectivity index (χ4v) is 6.75.